The van der Waals surface area contributed by atoms with Crippen molar-refractivity contribution in [3.05, 3.63) is 66.6 Å². The van der Waals surface area contributed by atoms with Crippen molar-refractivity contribution in [3.63, 3.8) is 0 Å². The van der Waals surface area contributed by atoms with Crippen LogP contribution < -0.4 is 10.6 Å². The number of aromatic nitrogens is 2. The largest absolute Gasteiger partial charge is 0.333 e. The van der Waals surface area contributed by atoms with Gasteiger partial charge in [-0.1, -0.05) is 30.0 Å². The smallest absolute Gasteiger partial charge is 0.325 e. The third-order valence-electron chi connectivity index (χ3n) is 3.63. The first-order valence-electron chi connectivity index (χ1n) is 8.16. The second-order valence-corrected chi connectivity index (χ2v) is 7.01. The Bertz CT molecular complexity index is 928. The highest BCUT2D eigenvalue weighted by Crippen LogP contribution is 2.24. The normalized spacial score (nSPS) is 11.6. The summed E-state index contributed by atoms with van der Waals surface area (Å²) in [7, 11) is 0. The Morgan fingerprint density at radius 3 is 2.52 bits per heavy atom. The minimum absolute atomic E-state index is 0.313. The van der Waals surface area contributed by atoms with E-state index in [1.165, 1.54) is 23.9 Å². The van der Waals surface area contributed by atoms with E-state index in [4.69, 9.17) is 0 Å². The number of hydrogen-bond donors (Lipinski definition) is 3. The van der Waals surface area contributed by atoms with Crippen LogP contribution in [0.3, 0.4) is 0 Å². The van der Waals surface area contributed by atoms with Crippen molar-refractivity contribution in [2.24, 2.45) is 0 Å². The van der Waals surface area contributed by atoms with Crippen molar-refractivity contribution < 1.29 is 14.0 Å². The van der Waals surface area contributed by atoms with E-state index in [0.29, 0.717) is 16.5 Å². The summed E-state index contributed by atoms with van der Waals surface area (Å²) in [4.78, 5) is 31.4. The molecule has 0 fully saturated rings. The number of nitrogens with zero attached hydrogens (tertiary/aromatic N) is 1. The molecule has 3 N–H and O–H groups in total. The van der Waals surface area contributed by atoms with Gasteiger partial charge in [0.05, 0.1) is 17.1 Å². The molecule has 138 valence electrons. The summed E-state index contributed by atoms with van der Waals surface area (Å²) in [6, 6.07) is 14.3. The molecular weight excluding hydrogens is 367 g/mol. The highest BCUT2D eigenvalue weighted by atomic mass is 32.2. The van der Waals surface area contributed by atoms with Gasteiger partial charge in [0.15, 0.2) is 5.16 Å². The molecular formula is C19H17FN4O2S. The number of H-pyrrole nitrogens is 1. The lowest BCUT2D eigenvalue weighted by Crippen LogP contribution is -2.38. The number of urea groups is 1. The summed E-state index contributed by atoms with van der Waals surface area (Å²) < 4.78 is 13.0. The Kier molecular flexibility index (Phi) is 5.87. The number of amides is 3. The Labute approximate surface area is 159 Å². The van der Waals surface area contributed by atoms with Gasteiger partial charge in [-0.05, 0) is 48.9 Å². The SMILES string of the molecule is CC(Sc1ncc(-c2ccc(F)cc2)[nH]1)C(=O)NC(=O)Nc1ccccc1. The van der Waals surface area contributed by atoms with Crippen LogP contribution >= 0.6 is 11.8 Å². The Hall–Kier alpha value is -3.13. The Morgan fingerprint density at radius 1 is 1.11 bits per heavy atom. The standard InChI is InChI=1S/C19H17FN4O2S/c1-12(17(25)24-18(26)22-15-5-3-2-4-6-15)27-19-21-11-16(23-19)13-7-9-14(20)10-8-13/h2-12H,1H3,(H,21,23)(H2,22,24,25,26). The minimum atomic E-state index is -0.593. The Morgan fingerprint density at radius 2 is 1.81 bits per heavy atom. The first kappa shape index (κ1) is 18.7. The van der Waals surface area contributed by atoms with Crippen LogP contribution in [0.5, 0.6) is 0 Å². The molecule has 27 heavy (non-hydrogen) atoms. The first-order valence-corrected chi connectivity index (χ1v) is 9.04. The maximum atomic E-state index is 13.0. The average molecular weight is 384 g/mol. The fourth-order valence-electron chi connectivity index (χ4n) is 2.26. The molecule has 3 amide bonds. The van der Waals surface area contributed by atoms with Crippen LogP contribution in [0.25, 0.3) is 11.3 Å². The molecule has 1 unspecified atom stereocenters. The van der Waals surface area contributed by atoms with Gasteiger partial charge < -0.3 is 10.3 Å². The number of carbonyl (C=O) groups excluding carboxylic acids is 2. The van der Waals surface area contributed by atoms with Gasteiger partial charge in [-0.2, -0.15) is 0 Å². The molecule has 2 aromatic carbocycles. The molecule has 0 saturated heterocycles. The maximum Gasteiger partial charge on any atom is 0.325 e. The number of carbonyl (C=O) groups is 2. The second kappa shape index (κ2) is 8.50. The van der Waals surface area contributed by atoms with Crippen LogP contribution in [0.1, 0.15) is 6.92 Å². The van der Waals surface area contributed by atoms with Crippen LogP contribution in [0, 0.1) is 5.82 Å². The lowest BCUT2D eigenvalue weighted by atomic mass is 10.2. The summed E-state index contributed by atoms with van der Waals surface area (Å²) in [5.74, 6) is -0.750. The fourth-order valence-corrected chi connectivity index (χ4v) is 3.04. The van der Waals surface area contributed by atoms with Crippen LogP contribution in [-0.4, -0.2) is 27.2 Å². The molecule has 1 heterocycles. The topological polar surface area (TPSA) is 86.9 Å². The summed E-state index contributed by atoms with van der Waals surface area (Å²) in [5, 5.41) is 4.87. The summed E-state index contributed by atoms with van der Waals surface area (Å²) >= 11 is 1.19. The predicted octanol–water partition coefficient (Wildman–Crippen LogP) is 4.04. The van der Waals surface area contributed by atoms with Gasteiger partial charge in [0, 0.05) is 5.69 Å². The summed E-state index contributed by atoms with van der Waals surface area (Å²) in [5.41, 5.74) is 2.10. The molecule has 3 aromatic rings. The zero-order valence-corrected chi connectivity index (χ0v) is 15.2. The van der Waals surface area contributed by atoms with Gasteiger partial charge in [-0.25, -0.2) is 14.2 Å². The average Bonchev–Trinajstić information content (AvgIpc) is 3.11. The lowest BCUT2D eigenvalue weighted by molar-refractivity contribution is -0.119. The molecule has 0 aliphatic heterocycles. The fraction of sp³-hybridized carbons (Fsp3) is 0.105. The van der Waals surface area contributed by atoms with Gasteiger partial charge in [0.1, 0.15) is 5.82 Å². The number of aromatic amines is 1. The number of thioether (sulfide) groups is 1. The van der Waals surface area contributed by atoms with E-state index in [1.807, 2.05) is 6.07 Å². The van der Waals surface area contributed by atoms with Gasteiger partial charge in [-0.15, -0.1) is 0 Å². The van der Waals surface area contributed by atoms with E-state index in [1.54, 1.807) is 49.5 Å². The number of rotatable bonds is 5. The van der Waals surface area contributed by atoms with Crippen LogP contribution in [0.4, 0.5) is 14.9 Å². The molecule has 1 aromatic heterocycles. The van der Waals surface area contributed by atoms with Gasteiger partial charge in [0.2, 0.25) is 5.91 Å². The van der Waals surface area contributed by atoms with Crippen molar-refractivity contribution in [1.29, 1.82) is 0 Å². The van der Waals surface area contributed by atoms with Crippen LogP contribution in [0.15, 0.2) is 66.0 Å². The number of para-hydroxylation sites is 1. The predicted molar refractivity (Wildman–Crippen MR) is 103 cm³/mol. The minimum Gasteiger partial charge on any atom is -0.333 e. The highest BCUT2D eigenvalue weighted by molar-refractivity contribution is 8.00. The molecule has 1 atom stereocenters. The van der Waals surface area contributed by atoms with Crippen molar-refractivity contribution >= 4 is 29.4 Å². The zero-order valence-electron chi connectivity index (χ0n) is 14.4. The number of halogens is 1. The maximum absolute atomic E-state index is 13.0. The lowest BCUT2D eigenvalue weighted by Gasteiger charge is -2.10. The molecule has 0 saturated carbocycles. The Balaban J connectivity index is 1.55. The third-order valence-corrected chi connectivity index (χ3v) is 4.63. The van der Waals surface area contributed by atoms with E-state index >= 15 is 0 Å². The number of anilines is 1. The molecule has 0 radical (unpaired) electrons. The van der Waals surface area contributed by atoms with Crippen molar-refractivity contribution in [3.8, 4) is 11.3 Å². The number of hydrogen-bond acceptors (Lipinski definition) is 4. The van der Waals surface area contributed by atoms with Crippen molar-refractivity contribution in [2.45, 2.75) is 17.3 Å². The molecule has 0 aliphatic carbocycles. The molecule has 3 rings (SSSR count). The van der Waals surface area contributed by atoms with E-state index in [-0.39, 0.29) is 5.82 Å². The monoisotopic (exact) mass is 384 g/mol. The molecule has 8 heteroatoms. The van der Waals surface area contributed by atoms with E-state index in [9.17, 15) is 14.0 Å². The first-order chi connectivity index (χ1) is 13.0. The third kappa shape index (κ3) is 5.18. The van der Waals surface area contributed by atoms with Gasteiger partial charge in [-0.3, -0.25) is 10.1 Å². The van der Waals surface area contributed by atoms with Crippen LogP contribution in [-0.2, 0) is 4.79 Å². The van der Waals surface area contributed by atoms with E-state index in [0.717, 1.165) is 5.56 Å². The highest BCUT2D eigenvalue weighted by Gasteiger charge is 2.18. The van der Waals surface area contributed by atoms with Crippen molar-refractivity contribution in [2.75, 3.05) is 5.32 Å². The zero-order chi connectivity index (χ0) is 19.2. The number of imidazole rings is 1. The van der Waals surface area contributed by atoms with Gasteiger partial charge in [0.25, 0.3) is 0 Å². The number of benzene rings is 2. The number of imide groups is 1. The quantitative estimate of drug-likeness (QED) is 0.579. The van der Waals surface area contributed by atoms with E-state index < -0.39 is 17.2 Å². The molecule has 6 nitrogen and oxygen atoms in total. The molecule has 0 spiro atoms. The molecule has 0 aliphatic rings. The second-order valence-electron chi connectivity index (χ2n) is 5.68. The summed E-state index contributed by atoms with van der Waals surface area (Å²) in [6.45, 7) is 1.68. The van der Waals surface area contributed by atoms with Gasteiger partial charge >= 0.3 is 6.03 Å². The van der Waals surface area contributed by atoms with Crippen LogP contribution in [0.2, 0.25) is 0 Å². The van der Waals surface area contributed by atoms with Crippen molar-refractivity contribution in [1.82, 2.24) is 15.3 Å². The van der Waals surface area contributed by atoms with E-state index in [2.05, 4.69) is 20.6 Å². The summed E-state index contributed by atoms with van der Waals surface area (Å²) in [6.07, 6.45) is 1.61. The molecule has 0 bridgehead atoms. The number of nitrogens with one attached hydrogen (secondary N) is 3.